The highest BCUT2D eigenvalue weighted by molar-refractivity contribution is 6.05. The number of anilines is 3. The van der Waals surface area contributed by atoms with E-state index in [9.17, 15) is 4.79 Å². The van der Waals surface area contributed by atoms with Gasteiger partial charge in [0.15, 0.2) is 0 Å². The van der Waals surface area contributed by atoms with Gasteiger partial charge in [-0.2, -0.15) is 0 Å². The summed E-state index contributed by atoms with van der Waals surface area (Å²) < 4.78 is 5.43. The first-order valence-electron chi connectivity index (χ1n) is 9.62. The fraction of sp³-hybridized carbons (Fsp3) is 0.227. The zero-order valence-corrected chi connectivity index (χ0v) is 16.0. The number of rotatable bonds is 6. The Morgan fingerprint density at radius 3 is 2.59 bits per heavy atom. The third-order valence-corrected chi connectivity index (χ3v) is 4.72. The number of morpholine rings is 1. The molecule has 0 radical (unpaired) electrons. The molecule has 1 aliphatic heterocycles. The van der Waals surface area contributed by atoms with Crippen molar-refractivity contribution in [2.45, 2.75) is 6.54 Å². The largest absolute Gasteiger partial charge is 0.378 e. The lowest BCUT2D eigenvalue weighted by atomic mass is 10.2. The van der Waals surface area contributed by atoms with Crippen LogP contribution in [0.25, 0.3) is 0 Å². The van der Waals surface area contributed by atoms with Crippen molar-refractivity contribution in [1.82, 2.24) is 9.97 Å². The molecule has 148 valence electrons. The molecule has 7 heteroatoms. The zero-order chi connectivity index (χ0) is 19.9. The summed E-state index contributed by atoms with van der Waals surface area (Å²) in [6.45, 7) is 3.59. The predicted octanol–water partition coefficient (Wildman–Crippen LogP) is 3.18. The van der Waals surface area contributed by atoms with Crippen molar-refractivity contribution in [3.63, 3.8) is 0 Å². The number of hydrogen-bond acceptors (Lipinski definition) is 6. The average Bonchev–Trinajstić information content (AvgIpc) is 2.79. The number of nitrogens with zero attached hydrogens (tertiary/aromatic N) is 3. The van der Waals surface area contributed by atoms with Crippen LogP contribution < -0.4 is 15.5 Å². The minimum atomic E-state index is -0.268. The predicted molar refractivity (Wildman–Crippen MR) is 113 cm³/mol. The van der Waals surface area contributed by atoms with Crippen LogP contribution in [0, 0.1) is 0 Å². The summed E-state index contributed by atoms with van der Waals surface area (Å²) in [5.74, 6) is 0.339. The van der Waals surface area contributed by atoms with Gasteiger partial charge in [0.05, 0.1) is 24.6 Å². The van der Waals surface area contributed by atoms with Crippen LogP contribution >= 0.6 is 0 Å². The fourth-order valence-electron chi connectivity index (χ4n) is 3.21. The van der Waals surface area contributed by atoms with Crippen molar-refractivity contribution >= 4 is 23.1 Å². The van der Waals surface area contributed by atoms with Crippen LogP contribution in [-0.4, -0.2) is 42.2 Å². The lowest BCUT2D eigenvalue weighted by Gasteiger charge is -2.30. The molecule has 2 aromatic carbocycles. The number of amides is 1. The molecule has 1 fully saturated rings. The van der Waals surface area contributed by atoms with E-state index >= 15 is 0 Å². The Balaban J connectivity index is 1.45. The number of aromatic nitrogens is 2. The molecule has 1 aromatic heterocycles. The second kappa shape index (κ2) is 9.16. The quantitative estimate of drug-likeness (QED) is 0.674. The van der Waals surface area contributed by atoms with Gasteiger partial charge in [-0.1, -0.05) is 42.5 Å². The second-order valence-electron chi connectivity index (χ2n) is 6.70. The van der Waals surface area contributed by atoms with Gasteiger partial charge in [-0.05, 0) is 17.7 Å². The van der Waals surface area contributed by atoms with E-state index in [-0.39, 0.29) is 5.91 Å². The van der Waals surface area contributed by atoms with Crippen LogP contribution in [0.2, 0.25) is 0 Å². The molecule has 7 nitrogen and oxygen atoms in total. The fourth-order valence-corrected chi connectivity index (χ4v) is 3.21. The third-order valence-electron chi connectivity index (χ3n) is 4.72. The Labute approximate surface area is 169 Å². The van der Waals surface area contributed by atoms with Crippen LogP contribution in [0.4, 0.5) is 17.2 Å². The van der Waals surface area contributed by atoms with E-state index in [2.05, 4.69) is 25.5 Å². The van der Waals surface area contributed by atoms with Gasteiger partial charge in [-0.3, -0.25) is 4.79 Å². The van der Waals surface area contributed by atoms with E-state index in [4.69, 9.17) is 4.74 Å². The van der Waals surface area contributed by atoms with Crippen LogP contribution in [0.1, 0.15) is 16.1 Å². The average molecular weight is 389 g/mol. The van der Waals surface area contributed by atoms with Gasteiger partial charge in [0.2, 0.25) is 0 Å². The number of nitrogens with one attached hydrogen (secondary N) is 2. The van der Waals surface area contributed by atoms with Crippen molar-refractivity contribution in [2.24, 2.45) is 0 Å². The van der Waals surface area contributed by atoms with Crippen LogP contribution in [0.15, 0.2) is 67.0 Å². The SMILES string of the molecule is O=C(Nc1ccccc1N1CCOCC1)c1cc(NCc2ccccc2)ncn1. The second-order valence-corrected chi connectivity index (χ2v) is 6.70. The van der Waals surface area contributed by atoms with E-state index < -0.39 is 0 Å². The van der Waals surface area contributed by atoms with Gasteiger partial charge >= 0.3 is 0 Å². The molecule has 29 heavy (non-hydrogen) atoms. The molecule has 4 rings (SSSR count). The highest BCUT2D eigenvalue weighted by atomic mass is 16.5. The molecule has 2 N–H and O–H groups in total. The summed E-state index contributed by atoms with van der Waals surface area (Å²) in [6.07, 6.45) is 1.40. The highest BCUT2D eigenvalue weighted by Gasteiger charge is 2.17. The first-order valence-corrected chi connectivity index (χ1v) is 9.62. The van der Waals surface area contributed by atoms with Gasteiger partial charge < -0.3 is 20.3 Å². The van der Waals surface area contributed by atoms with Crippen molar-refractivity contribution in [3.8, 4) is 0 Å². The third kappa shape index (κ3) is 4.89. The summed E-state index contributed by atoms with van der Waals surface area (Å²) in [5.41, 5.74) is 3.20. The lowest BCUT2D eigenvalue weighted by Crippen LogP contribution is -2.36. The van der Waals surface area contributed by atoms with Gasteiger partial charge in [0.25, 0.3) is 5.91 Å². The summed E-state index contributed by atoms with van der Waals surface area (Å²) in [5, 5.41) is 6.22. The molecule has 1 saturated heterocycles. The number of ether oxygens (including phenoxy) is 1. The molecular formula is C22H23N5O2. The number of carbonyl (C=O) groups excluding carboxylic acids is 1. The molecule has 0 bridgehead atoms. The molecule has 3 aromatic rings. The van der Waals surface area contributed by atoms with Crippen molar-refractivity contribution < 1.29 is 9.53 Å². The number of hydrogen-bond donors (Lipinski definition) is 2. The lowest BCUT2D eigenvalue weighted by molar-refractivity contribution is 0.102. The highest BCUT2D eigenvalue weighted by Crippen LogP contribution is 2.26. The minimum Gasteiger partial charge on any atom is -0.378 e. The molecule has 0 spiro atoms. The molecule has 2 heterocycles. The number of para-hydroxylation sites is 2. The first-order chi connectivity index (χ1) is 14.3. The van der Waals surface area contributed by atoms with Gasteiger partial charge in [0.1, 0.15) is 17.8 Å². The van der Waals surface area contributed by atoms with Gasteiger partial charge in [-0.25, -0.2) is 9.97 Å². The zero-order valence-electron chi connectivity index (χ0n) is 16.0. The topological polar surface area (TPSA) is 79.4 Å². The summed E-state index contributed by atoms with van der Waals surface area (Å²) in [7, 11) is 0. The Morgan fingerprint density at radius 2 is 1.76 bits per heavy atom. The van der Waals surface area contributed by atoms with Crippen LogP contribution in [0.5, 0.6) is 0 Å². The normalized spacial score (nSPS) is 13.7. The number of benzene rings is 2. The minimum absolute atomic E-state index is 0.268. The van der Waals surface area contributed by atoms with Crippen LogP contribution in [0.3, 0.4) is 0 Å². The Kier molecular flexibility index (Phi) is 5.97. The molecule has 1 aliphatic rings. The Morgan fingerprint density at radius 1 is 1.00 bits per heavy atom. The maximum Gasteiger partial charge on any atom is 0.274 e. The molecule has 1 amide bonds. The van der Waals surface area contributed by atoms with Gasteiger partial charge in [0, 0.05) is 25.7 Å². The first kappa shape index (κ1) is 18.9. The van der Waals surface area contributed by atoms with E-state index in [0.29, 0.717) is 31.3 Å². The Hall–Kier alpha value is -3.45. The molecular weight excluding hydrogens is 366 g/mol. The summed E-state index contributed by atoms with van der Waals surface area (Å²) in [4.78, 5) is 23.4. The maximum absolute atomic E-state index is 12.8. The van der Waals surface area contributed by atoms with E-state index in [1.54, 1.807) is 6.07 Å². The Bertz CT molecular complexity index is 958. The monoisotopic (exact) mass is 389 g/mol. The summed E-state index contributed by atoms with van der Waals surface area (Å²) in [6, 6.07) is 19.5. The van der Waals surface area contributed by atoms with Crippen LogP contribution in [-0.2, 0) is 11.3 Å². The van der Waals surface area contributed by atoms with E-state index in [1.807, 2.05) is 54.6 Å². The molecule has 0 aliphatic carbocycles. The molecule has 0 saturated carbocycles. The van der Waals surface area contributed by atoms with Crippen molar-refractivity contribution in [2.75, 3.05) is 41.8 Å². The standard InChI is InChI=1S/C22H23N5O2/c28-22(26-18-8-4-5-9-20(18)27-10-12-29-13-11-27)19-14-21(25-16-24-19)23-15-17-6-2-1-3-7-17/h1-9,14,16H,10-13,15H2,(H,26,28)(H,23,24,25). The smallest absolute Gasteiger partial charge is 0.274 e. The van der Waals surface area contributed by atoms with E-state index in [0.717, 1.165) is 30.0 Å². The van der Waals surface area contributed by atoms with Gasteiger partial charge in [-0.15, -0.1) is 0 Å². The summed E-state index contributed by atoms with van der Waals surface area (Å²) >= 11 is 0. The van der Waals surface area contributed by atoms with Crippen molar-refractivity contribution in [1.29, 1.82) is 0 Å². The number of carbonyl (C=O) groups is 1. The van der Waals surface area contributed by atoms with Crippen molar-refractivity contribution in [3.05, 3.63) is 78.2 Å². The molecule has 0 unspecified atom stereocenters. The maximum atomic E-state index is 12.8. The molecule has 0 atom stereocenters. The van der Waals surface area contributed by atoms with E-state index in [1.165, 1.54) is 6.33 Å².